The van der Waals surface area contributed by atoms with E-state index in [1.165, 1.54) is 7.11 Å². The molecule has 3 rings (SSSR count). The first-order valence-electron chi connectivity index (χ1n) is 4.76. The lowest BCUT2D eigenvalue weighted by atomic mass is 9.74. The Hall–Kier alpha value is -0.710. The summed E-state index contributed by atoms with van der Waals surface area (Å²) < 4.78 is 31.0. The third kappa shape index (κ3) is 1.39. The van der Waals surface area contributed by atoms with Crippen molar-refractivity contribution in [2.24, 2.45) is 5.92 Å². The fourth-order valence-electron chi connectivity index (χ4n) is 2.42. The highest BCUT2D eigenvalue weighted by atomic mass is 19.3. The number of hydrogen-bond acceptors (Lipinski definition) is 3. The predicted octanol–water partition coefficient (Wildman–Crippen LogP) is 0.935. The van der Waals surface area contributed by atoms with Gasteiger partial charge in [0.25, 0.3) is 5.92 Å². The van der Waals surface area contributed by atoms with Gasteiger partial charge in [-0.05, 0) is 18.8 Å². The van der Waals surface area contributed by atoms with Crippen molar-refractivity contribution in [2.45, 2.75) is 37.3 Å². The fourth-order valence-corrected chi connectivity index (χ4v) is 2.42. The van der Waals surface area contributed by atoms with Gasteiger partial charge in [-0.2, -0.15) is 0 Å². The van der Waals surface area contributed by atoms with Crippen LogP contribution in [0, 0.1) is 5.92 Å². The Morgan fingerprint density at radius 1 is 1.50 bits per heavy atom. The second kappa shape index (κ2) is 3.15. The van der Waals surface area contributed by atoms with Crippen LogP contribution in [0.4, 0.5) is 8.78 Å². The van der Waals surface area contributed by atoms with Crippen LogP contribution in [0.2, 0.25) is 0 Å². The first-order valence-corrected chi connectivity index (χ1v) is 4.76. The minimum atomic E-state index is -2.66. The van der Waals surface area contributed by atoms with Crippen LogP contribution < -0.4 is 5.32 Å². The van der Waals surface area contributed by atoms with Gasteiger partial charge < -0.3 is 4.74 Å². The van der Waals surface area contributed by atoms with E-state index in [2.05, 4.69) is 10.1 Å². The van der Waals surface area contributed by atoms with Crippen LogP contribution in [0.15, 0.2) is 0 Å². The lowest BCUT2D eigenvalue weighted by Crippen LogP contribution is -2.64. The molecule has 1 saturated carbocycles. The van der Waals surface area contributed by atoms with E-state index in [0.717, 1.165) is 0 Å². The molecule has 3 atom stereocenters. The van der Waals surface area contributed by atoms with Crippen molar-refractivity contribution in [2.75, 3.05) is 7.11 Å². The Kier molecular flexibility index (Phi) is 2.21. The molecule has 0 amide bonds. The lowest BCUT2D eigenvalue weighted by Gasteiger charge is -2.46. The van der Waals surface area contributed by atoms with Crippen LogP contribution in [0.25, 0.3) is 0 Å². The number of nitrogens with one attached hydrogen (secondary N) is 1. The number of hydrogen-bond donors (Lipinski definition) is 1. The maximum Gasteiger partial charge on any atom is 0.323 e. The van der Waals surface area contributed by atoms with E-state index in [1.54, 1.807) is 0 Å². The van der Waals surface area contributed by atoms with Gasteiger partial charge in [0.1, 0.15) is 6.04 Å². The molecule has 1 N–H and O–H groups in total. The molecule has 80 valence electrons. The fraction of sp³-hybridized carbons (Fsp3) is 0.889. The highest BCUT2D eigenvalue weighted by Gasteiger charge is 2.54. The zero-order valence-electron chi connectivity index (χ0n) is 7.93. The summed E-state index contributed by atoms with van der Waals surface area (Å²) in [5, 5.41) is 2.67. The third-order valence-corrected chi connectivity index (χ3v) is 3.18. The molecule has 0 aromatic carbocycles. The maximum atomic E-state index is 13.2. The Balaban J connectivity index is 2.12. The maximum absolute atomic E-state index is 13.2. The van der Waals surface area contributed by atoms with Gasteiger partial charge in [0.05, 0.1) is 13.2 Å². The summed E-state index contributed by atoms with van der Waals surface area (Å²) in [6, 6.07) is -1.38. The smallest absolute Gasteiger partial charge is 0.323 e. The molecular formula is C9H13F2NO2. The molecule has 5 heteroatoms. The molecule has 2 unspecified atom stereocenters. The summed E-state index contributed by atoms with van der Waals surface area (Å²) in [6.45, 7) is 0. The van der Waals surface area contributed by atoms with Gasteiger partial charge in [-0.1, -0.05) is 0 Å². The van der Waals surface area contributed by atoms with Crippen LogP contribution in [0.5, 0.6) is 0 Å². The molecule has 14 heavy (non-hydrogen) atoms. The van der Waals surface area contributed by atoms with Crippen molar-refractivity contribution < 1.29 is 18.3 Å². The molecular weight excluding hydrogens is 192 g/mol. The van der Waals surface area contributed by atoms with Crippen LogP contribution >= 0.6 is 0 Å². The number of methoxy groups -OCH3 is 1. The van der Waals surface area contributed by atoms with E-state index in [4.69, 9.17) is 0 Å². The van der Waals surface area contributed by atoms with Crippen molar-refractivity contribution >= 4 is 5.97 Å². The topological polar surface area (TPSA) is 38.3 Å². The van der Waals surface area contributed by atoms with Crippen LogP contribution in [0.3, 0.4) is 0 Å². The van der Waals surface area contributed by atoms with Crippen molar-refractivity contribution in [3.8, 4) is 0 Å². The molecule has 1 aliphatic carbocycles. The first kappa shape index (κ1) is 9.83. The molecule has 0 spiro atoms. The number of rotatable bonds is 1. The summed E-state index contributed by atoms with van der Waals surface area (Å²) in [6.07, 6.45) is 0.947. The molecule has 3 aliphatic rings. The molecule has 0 radical (unpaired) electrons. The van der Waals surface area contributed by atoms with Crippen molar-refractivity contribution in [3.63, 3.8) is 0 Å². The number of fused-ring (bicyclic) bond motifs is 3. The number of piperidine rings is 2. The van der Waals surface area contributed by atoms with Crippen LogP contribution in [0.1, 0.15) is 19.3 Å². The van der Waals surface area contributed by atoms with Crippen LogP contribution in [-0.4, -0.2) is 31.1 Å². The largest absolute Gasteiger partial charge is 0.468 e. The number of halogens is 2. The molecule has 2 heterocycles. The molecule has 2 saturated heterocycles. The second-order valence-electron chi connectivity index (χ2n) is 4.02. The van der Waals surface area contributed by atoms with Gasteiger partial charge in [0.2, 0.25) is 0 Å². The summed E-state index contributed by atoms with van der Waals surface area (Å²) in [7, 11) is 1.28. The van der Waals surface area contributed by atoms with Crippen LogP contribution in [-0.2, 0) is 9.53 Å². The minimum absolute atomic E-state index is 0.190. The van der Waals surface area contributed by atoms with Crippen molar-refractivity contribution in [1.82, 2.24) is 5.32 Å². The minimum Gasteiger partial charge on any atom is -0.468 e. The zero-order valence-corrected chi connectivity index (χ0v) is 7.93. The van der Waals surface area contributed by atoms with E-state index in [0.29, 0.717) is 12.8 Å². The lowest BCUT2D eigenvalue weighted by molar-refractivity contribution is -0.159. The van der Waals surface area contributed by atoms with E-state index in [-0.39, 0.29) is 12.3 Å². The van der Waals surface area contributed by atoms with E-state index < -0.39 is 24.0 Å². The van der Waals surface area contributed by atoms with E-state index in [9.17, 15) is 13.6 Å². The molecule has 2 aliphatic heterocycles. The third-order valence-electron chi connectivity index (χ3n) is 3.18. The Labute approximate surface area is 80.8 Å². The van der Waals surface area contributed by atoms with Gasteiger partial charge in [0, 0.05) is 6.42 Å². The van der Waals surface area contributed by atoms with Crippen molar-refractivity contribution in [1.29, 1.82) is 0 Å². The first-order chi connectivity index (χ1) is 6.54. The normalized spacial score (nSPS) is 39.5. The summed E-state index contributed by atoms with van der Waals surface area (Å²) in [4.78, 5) is 11.2. The number of ether oxygens (including phenoxy) is 1. The Bertz CT molecular complexity index is 257. The zero-order chi connectivity index (χ0) is 10.3. The number of carbonyl (C=O) groups is 1. The molecule has 3 fully saturated rings. The standard InChI is InChI=1S/C9H13F2NO2/c1-14-8(13)7-5-2-3-6(12-7)9(10,11)4-5/h5-7,12H,2-4H2,1H3/t5?,6-,7?/m0/s1. The van der Waals surface area contributed by atoms with Gasteiger partial charge in [-0.25, -0.2) is 8.78 Å². The van der Waals surface area contributed by atoms with Gasteiger partial charge in [0.15, 0.2) is 0 Å². The highest BCUT2D eigenvalue weighted by molar-refractivity contribution is 5.76. The quantitative estimate of drug-likeness (QED) is 0.647. The Morgan fingerprint density at radius 2 is 2.21 bits per heavy atom. The van der Waals surface area contributed by atoms with Gasteiger partial charge >= 0.3 is 5.97 Å². The van der Waals surface area contributed by atoms with Crippen molar-refractivity contribution in [3.05, 3.63) is 0 Å². The van der Waals surface area contributed by atoms with Gasteiger partial charge in [-0.15, -0.1) is 0 Å². The van der Waals surface area contributed by atoms with E-state index >= 15 is 0 Å². The van der Waals surface area contributed by atoms with Gasteiger partial charge in [-0.3, -0.25) is 10.1 Å². The Morgan fingerprint density at radius 3 is 2.64 bits per heavy atom. The average molecular weight is 205 g/mol. The summed E-state index contributed by atoms with van der Waals surface area (Å²) in [5.41, 5.74) is 0. The molecule has 2 bridgehead atoms. The number of carbonyl (C=O) groups excluding carboxylic acids is 1. The SMILES string of the molecule is COC(=O)C1N[C@H]2CCC1CC2(F)F. The van der Waals surface area contributed by atoms with E-state index in [1.807, 2.05) is 0 Å². The highest BCUT2D eigenvalue weighted by Crippen LogP contribution is 2.43. The molecule has 0 aromatic rings. The summed E-state index contributed by atoms with van der Waals surface area (Å²) >= 11 is 0. The summed E-state index contributed by atoms with van der Waals surface area (Å²) in [5.74, 6) is -3.36. The monoisotopic (exact) mass is 205 g/mol. The molecule has 0 aromatic heterocycles. The number of esters is 1. The number of alkyl halides is 2. The molecule has 3 nitrogen and oxygen atoms in total. The second-order valence-corrected chi connectivity index (χ2v) is 4.02. The predicted molar refractivity (Wildman–Crippen MR) is 45.0 cm³/mol. The average Bonchev–Trinajstić information content (AvgIpc) is 2.16.